The zero-order valence-electron chi connectivity index (χ0n) is 9.51. The molecule has 1 aromatic carbocycles. The third-order valence-corrected chi connectivity index (χ3v) is 2.83. The van der Waals surface area contributed by atoms with Gasteiger partial charge in [0, 0.05) is 34.3 Å². The summed E-state index contributed by atoms with van der Waals surface area (Å²) < 4.78 is 0. The fraction of sp³-hybridized carbons (Fsp3) is 0. The minimum absolute atomic E-state index is 0.766. The molecule has 18 heavy (non-hydrogen) atoms. The van der Waals surface area contributed by atoms with Crippen molar-refractivity contribution < 1.29 is 0 Å². The first-order chi connectivity index (χ1) is 8.81. The summed E-state index contributed by atoms with van der Waals surface area (Å²) in [5.74, 6) is 5.15. The number of hydrogen-bond donors (Lipinski definition) is 0. The van der Waals surface area contributed by atoms with Crippen LogP contribution in [-0.2, 0) is 0 Å². The molecule has 82 valence electrons. The van der Waals surface area contributed by atoms with Crippen molar-refractivity contribution in [3.8, 4) is 24.7 Å². The van der Waals surface area contributed by atoms with E-state index >= 15 is 0 Å². The van der Waals surface area contributed by atoms with Crippen LogP contribution >= 0.6 is 0 Å². The Bertz CT molecular complexity index is 776. The smallest absolute Gasteiger partial charge is 0.0965 e. The van der Waals surface area contributed by atoms with Crippen molar-refractivity contribution in [2.24, 2.45) is 0 Å². The van der Waals surface area contributed by atoms with Crippen LogP contribution < -0.4 is 0 Å². The van der Waals surface area contributed by atoms with Crippen LogP contribution in [-0.4, -0.2) is 9.97 Å². The van der Waals surface area contributed by atoms with E-state index < -0.39 is 0 Å². The molecule has 0 aliphatic rings. The predicted octanol–water partition coefficient (Wildman–Crippen LogP) is 2.75. The average molecular weight is 228 g/mol. The van der Waals surface area contributed by atoms with Gasteiger partial charge in [-0.25, -0.2) is 0 Å². The molecule has 0 fully saturated rings. The molecule has 0 amide bonds. The van der Waals surface area contributed by atoms with E-state index in [0.29, 0.717) is 0 Å². The Kier molecular flexibility index (Phi) is 2.22. The predicted molar refractivity (Wildman–Crippen MR) is 72.9 cm³/mol. The van der Waals surface area contributed by atoms with E-state index in [9.17, 15) is 0 Å². The van der Waals surface area contributed by atoms with Crippen molar-refractivity contribution in [3.05, 3.63) is 47.8 Å². The maximum Gasteiger partial charge on any atom is 0.0965 e. The quantitative estimate of drug-likeness (QED) is 0.437. The highest BCUT2D eigenvalue weighted by Gasteiger charge is 2.04. The van der Waals surface area contributed by atoms with E-state index in [1.807, 2.05) is 24.3 Å². The van der Waals surface area contributed by atoms with E-state index in [2.05, 4.69) is 21.8 Å². The van der Waals surface area contributed by atoms with Gasteiger partial charge >= 0.3 is 0 Å². The van der Waals surface area contributed by atoms with Crippen LogP contribution in [0.5, 0.6) is 0 Å². The van der Waals surface area contributed by atoms with Crippen LogP contribution in [0.1, 0.15) is 11.1 Å². The fourth-order valence-corrected chi connectivity index (χ4v) is 1.95. The molecule has 2 nitrogen and oxygen atoms in total. The molecule has 0 spiro atoms. The maximum atomic E-state index is 5.36. The Balaban J connectivity index is 2.41. The lowest BCUT2D eigenvalue weighted by atomic mass is 10.1. The number of nitrogens with zero attached hydrogens (tertiary/aromatic N) is 2. The van der Waals surface area contributed by atoms with Crippen LogP contribution in [0.25, 0.3) is 21.8 Å². The minimum Gasteiger partial charge on any atom is -0.253 e. The number of rotatable bonds is 0. The molecule has 0 saturated carbocycles. The molecule has 0 radical (unpaired) electrons. The molecule has 0 atom stereocenters. The monoisotopic (exact) mass is 228 g/mol. The topological polar surface area (TPSA) is 25.8 Å². The lowest BCUT2D eigenvalue weighted by Crippen LogP contribution is -1.88. The lowest BCUT2D eigenvalue weighted by Gasteiger charge is -2.03. The van der Waals surface area contributed by atoms with E-state index in [1.54, 1.807) is 12.4 Å². The number of aromatic nitrogens is 2. The Labute approximate surface area is 105 Å². The minimum atomic E-state index is 0.766. The van der Waals surface area contributed by atoms with Crippen molar-refractivity contribution in [2.75, 3.05) is 0 Å². The summed E-state index contributed by atoms with van der Waals surface area (Å²) in [5, 5.41) is 1.97. The highest BCUT2D eigenvalue weighted by molar-refractivity contribution is 6.03. The Hall–Kier alpha value is -2.84. The molecule has 3 aromatic rings. The van der Waals surface area contributed by atoms with Gasteiger partial charge in [-0.05, 0) is 12.1 Å². The number of hydrogen-bond acceptors (Lipinski definition) is 2. The molecule has 0 N–H and O–H groups in total. The first kappa shape index (κ1) is 10.3. The average Bonchev–Trinajstić information content (AvgIpc) is 2.45. The van der Waals surface area contributed by atoms with Crippen LogP contribution in [0, 0.1) is 24.7 Å². The van der Waals surface area contributed by atoms with Gasteiger partial charge in [0.1, 0.15) is 0 Å². The summed E-state index contributed by atoms with van der Waals surface area (Å²) >= 11 is 0. The van der Waals surface area contributed by atoms with Crippen molar-refractivity contribution in [1.82, 2.24) is 9.97 Å². The van der Waals surface area contributed by atoms with Crippen LogP contribution in [0.15, 0.2) is 36.7 Å². The van der Waals surface area contributed by atoms with E-state index in [-0.39, 0.29) is 0 Å². The number of terminal acetylenes is 2. The highest BCUT2D eigenvalue weighted by atomic mass is 14.7. The van der Waals surface area contributed by atoms with Crippen LogP contribution in [0.3, 0.4) is 0 Å². The summed E-state index contributed by atoms with van der Waals surface area (Å²) in [6.07, 6.45) is 14.1. The first-order valence-electron chi connectivity index (χ1n) is 5.43. The lowest BCUT2D eigenvalue weighted by molar-refractivity contribution is 1.36. The summed E-state index contributed by atoms with van der Waals surface area (Å²) in [6, 6.07) is 7.82. The standard InChI is InChI=1S/C16H8N2/c1-3-11-7-13-5-6-14-8-12(4-2)10-18-16(14)15(13)17-9-11/h1-2,5-10H. The van der Waals surface area contributed by atoms with Gasteiger partial charge < -0.3 is 0 Å². The normalized spacial score (nSPS) is 10.1. The van der Waals surface area contributed by atoms with E-state index in [1.165, 1.54) is 0 Å². The summed E-state index contributed by atoms with van der Waals surface area (Å²) in [5.41, 5.74) is 3.22. The molecular weight excluding hydrogens is 220 g/mol. The molecule has 0 bridgehead atoms. The van der Waals surface area contributed by atoms with Gasteiger partial charge in [0.2, 0.25) is 0 Å². The Morgan fingerprint density at radius 2 is 1.22 bits per heavy atom. The van der Waals surface area contributed by atoms with Gasteiger partial charge in [-0.15, -0.1) is 12.8 Å². The van der Waals surface area contributed by atoms with Gasteiger partial charge in [0.25, 0.3) is 0 Å². The van der Waals surface area contributed by atoms with E-state index in [4.69, 9.17) is 12.8 Å². The number of benzene rings is 1. The molecule has 0 unspecified atom stereocenters. The second kappa shape index (κ2) is 3.87. The third-order valence-electron chi connectivity index (χ3n) is 2.83. The third kappa shape index (κ3) is 1.49. The summed E-state index contributed by atoms with van der Waals surface area (Å²) in [6.45, 7) is 0. The molecule has 0 aliphatic heterocycles. The van der Waals surface area contributed by atoms with Gasteiger partial charge in [-0.1, -0.05) is 24.0 Å². The Morgan fingerprint density at radius 1 is 0.778 bits per heavy atom. The second-order valence-electron chi connectivity index (χ2n) is 3.95. The summed E-state index contributed by atoms with van der Waals surface area (Å²) in [7, 11) is 0. The zero-order valence-corrected chi connectivity index (χ0v) is 9.51. The molecule has 0 aliphatic carbocycles. The van der Waals surface area contributed by atoms with Crippen LogP contribution in [0.2, 0.25) is 0 Å². The van der Waals surface area contributed by atoms with Crippen molar-refractivity contribution >= 4 is 21.8 Å². The van der Waals surface area contributed by atoms with Gasteiger partial charge in [-0.2, -0.15) is 0 Å². The number of fused-ring (bicyclic) bond motifs is 3. The molecule has 3 rings (SSSR count). The molecule has 2 heteroatoms. The maximum absolute atomic E-state index is 5.36. The van der Waals surface area contributed by atoms with Gasteiger partial charge in [-0.3, -0.25) is 9.97 Å². The largest absolute Gasteiger partial charge is 0.253 e. The van der Waals surface area contributed by atoms with Crippen molar-refractivity contribution in [3.63, 3.8) is 0 Å². The van der Waals surface area contributed by atoms with Gasteiger partial charge in [0.15, 0.2) is 0 Å². The molecular formula is C16H8N2. The fourth-order valence-electron chi connectivity index (χ4n) is 1.95. The first-order valence-corrected chi connectivity index (χ1v) is 5.43. The zero-order chi connectivity index (χ0) is 12.5. The van der Waals surface area contributed by atoms with Crippen molar-refractivity contribution in [2.45, 2.75) is 0 Å². The SMILES string of the molecule is C#Cc1cnc2c(ccc3cc(C#C)cnc32)c1. The molecule has 2 aromatic heterocycles. The molecule has 0 saturated heterocycles. The molecule has 2 heterocycles. The van der Waals surface area contributed by atoms with Gasteiger partial charge in [0.05, 0.1) is 11.0 Å². The van der Waals surface area contributed by atoms with Crippen LogP contribution in [0.4, 0.5) is 0 Å². The number of pyridine rings is 2. The summed E-state index contributed by atoms with van der Waals surface area (Å²) in [4.78, 5) is 8.76. The van der Waals surface area contributed by atoms with Crippen molar-refractivity contribution in [1.29, 1.82) is 0 Å². The highest BCUT2D eigenvalue weighted by Crippen LogP contribution is 2.23. The Morgan fingerprint density at radius 3 is 1.61 bits per heavy atom. The second-order valence-corrected chi connectivity index (χ2v) is 3.95. The van der Waals surface area contributed by atoms with E-state index in [0.717, 1.165) is 32.9 Å².